The Morgan fingerprint density at radius 1 is 1.05 bits per heavy atom. The van der Waals surface area contributed by atoms with Crippen LogP contribution in [0.1, 0.15) is 71.1 Å². The van der Waals surface area contributed by atoms with E-state index in [1.807, 2.05) is 71.0 Å². The van der Waals surface area contributed by atoms with E-state index in [-0.39, 0.29) is 17.4 Å². The van der Waals surface area contributed by atoms with Crippen molar-refractivity contribution in [2.75, 3.05) is 12.4 Å². The van der Waals surface area contributed by atoms with Crippen molar-refractivity contribution in [3.8, 4) is 11.3 Å². The third kappa shape index (κ3) is 5.17. The molecule has 0 radical (unpaired) electrons. The zero-order chi connectivity index (χ0) is 28.1. The number of ether oxygens (including phenoxy) is 1. The quantitative estimate of drug-likeness (QED) is 0.301. The molecular formula is C32H32N2O5. The van der Waals surface area contributed by atoms with Crippen LogP contribution in [0.4, 0.5) is 5.69 Å². The highest BCUT2D eigenvalue weighted by molar-refractivity contribution is 5.99. The maximum absolute atomic E-state index is 13.3. The molecule has 5 rings (SSSR count). The molecule has 7 nitrogen and oxygen atoms in total. The molecule has 1 aromatic heterocycles. The average Bonchev–Trinajstić information content (AvgIpc) is 3.15. The van der Waals surface area contributed by atoms with Gasteiger partial charge in [0.05, 0.1) is 17.0 Å². The fraction of sp³-hybridized carbons (Fsp3) is 0.281. The predicted octanol–water partition coefficient (Wildman–Crippen LogP) is 6.48. The number of fused-ring (bicyclic) bond motifs is 2. The van der Waals surface area contributed by atoms with E-state index in [0.29, 0.717) is 40.1 Å². The smallest absolute Gasteiger partial charge is 0.340 e. The van der Waals surface area contributed by atoms with Crippen molar-refractivity contribution in [2.24, 2.45) is 0 Å². The highest BCUT2D eigenvalue weighted by atomic mass is 16.6. The monoisotopic (exact) mass is 524 g/mol. The maximum atomic E-state index is 13.3. The summed E-state index contributed by atoms with van der Waals surface area (Å²) in [5.41, 5.74) is 4.78. The lowest BCUT2D eigenvalue weighted by molar-refractivity contribution is 0.00705. The first-order valence-corrected chi connectivity index (χ1v) is 13.0. The standard InChI is InChI=1S/C32H32N2O5/c1-18-13-24(19(2)33-26-10-8-7-9-23(26)31(37)39-32(3,4)5)29-25(14-18)27(35)16-28(38-29)20-11-12-22-21(15-20)17-34(6)30(22)36/h7-16,19,33H,17H2,1-6H3. The van der Waals surface area contributed by atoms with E-state index in [2.05, 4.69) is 5.32 Å². The van der Waals surface area contributed by atoms with Crippen molar-refractivity contribution >= 4 is 28.5 Å². The number of carbonyl (C=O) groups is 2. The Morgan fingerprint density at radius 3 is 2.54 bits per heavy atom. The molecule has 0 bridgehead atoms. The number of nitrogens with one attached hydrogen (secondary N) is 1. The summed E-state index contributed by atoms with van der Waals surface area (Å²) in [6.45, 7) is 9.91. The molecule has 2 heterocycles. The lowest BCUT2D eigenvalue weighted by atomic mass is 9.99. The van der Waals surface area contributed by atoms with Crippen LogP contribution in [0.2, 0.25) is 0 Å². The Kier molecular flexibility index (Phi) is 6.54. The first-order chi connectivity index (χ1) is 18.4. The number of carbonyl (C=O) groups excluding carboxylic acids is 2. The van der Waals surface area contributed by atoms with E-state index >= 15 is 0 Å². The van der Waals surface area contributed by atoms with Gasteiger partial charge in [-0.2, -0.15) is 0 Å². The molecule has 0 fully saturated rings. The molecule has 1 aliphatic rings. The average molecular weight is 525 g/mol. The van der Waals surface area contributed by atoms with Crippen LogP contribution in [0, 0.1) is 6.92 Å². The van der Waals surface area contributed by atoms with Crippen LogP contribution in [0.3, 0.4) is 0 Å². The van der Waals surface area contributed by atoms with E-state index in [1.54, 1.807) is 30.1 Å². The fourth-order valence-corrected chi connectivity index (χ4v) is 4.95. The number of rotatable bonds is 5. The van der Waals surface area contributed by atoms with Gasteiger partial charge < -0.3 is 19.4 Å². The van der Waals surface area contributed by atoms with Crippen molar-refractivity contribution in [3.63, 3.8) is 0 Å². The van der Waals surface area contributed by atoms with Crippen molar-refractivity contribution < 1.29 is 18.7 Å². The third-order valence-corrected chi connectivity index (χ3v) is 6.76. The van der Waals surface area contributed by atoms with Gasteiger partial charge in [-0.3, -0.25) is 9.59 Å². The van der Waals surface area contributed by atoms with Gasteiger partial charge in [0.2, 0.25) is 0 Å². The van der Waals surface area contributed by atoms with Crippen LogP contribution in [-0.2, 0) is 11.3 Å². The van der Waals surface area contributed by atoms with Crippen LogP contribution in [0.15, 0.2) is 69.9 Å². The zero-order valence-electron chi connectivity index (χ0n) is 23.0. The minimum Gasteiger partial charge on any atom is -0.456 e. The highest BCUT2D eigenvalue weighted by Crippen LogP contribution is 2.33. The maximum Gasteiger partial charge on any atom is 0.340 e. The fourth-order valence-electron chi connectivity index (χ4n) is 4.95. The minimum absolute atomic E-state index is 0.0131. The minimum atomic E-state index is -0.622. The molecule has 200 valence electrons. The Morgan fingerprint density at radius 2 is 1.79 bits per heavy atom. The number of benzene rings is 3. The van der Waals surface area contributed by atoms with E-state index < -0.39 is 11.6 Å². The second kappa shape index (κ2) is 9.73. The molecule has 1 N–H and O–H groups in total. The van der Waals surface area contributed by atoms with Gasteiger partial charge in [-0.25, -0.2) is 4.79 Å². The van der Waals surface area contributed by atoms with Crippen molar-refractivity contribution in [1.82, 2.24) is 4.90 Å². The van der Waals surface area contributed by atoms with Gasteiger partial charge in [-0.15, -0.1) is 0 Å². The van der Waals surface area contributed by atoms with Crippen molar-refractivity contribution in [3.05, 3.63) is 98.7 Å². The molecule has 0 saturated carbocycles. The third-order valence-electron chi connectivity index (χ3n) is 6.76. The van der Waals surface area contributed by atoms with E-state index in [4.69, 9.17) is 9.15 Å². The first-order valence-electron chi connectivity index (χ1n) is 13.0. The van der Waals surface area contributed by atoms with Crippen LogP contribution < -0.4 is 10.7 Å². The lowest BCUT2D eigenvalue weighted by Gasteiger charge is -2.22. The van der Waals surface area contributed by atoms with Crippen LogP contribution in [-0.4, -0.2) is 29.4 Å². The first kappa shape index (κ1) is 26.2. The van der Waals surface area contributed by atoms with Crippen molar-refractivity contribution in [2.45, 2.75) is 52.8 Å². The lowest BCUT2D eigenvalue weighted by Crippen LogP contribution is -2.24. The van der Waals surface area contributed by atoms with Gasteiger partial charge in [-0.05, 0) is 76.1 Å². The summed E-state index contributed by atoms with van der Waals surface area (Å²) in [6, 6.07) is 17.7. The highest BCUT2D eigenvalue weighted by Gasteiger charge is 2.26. The normalized spacial score (nSPS) is 13.9. The van der Waals surface area contributed by atoms with E-state index in [1.165, 1.54) is 6.07 Å². The van der Waals surface area contributed by atoms with Gasteiger partial charge in [0.1, 0.15) is 16.9 Å². The van der Waals surface area contributed by atoms with Crippen molar-refractivity contribution in [1.29, 1.82) is 0 Å². The Bertz CT molecular complexity index is 1680. The molecule has 1 atom stereocenters. The van der Waals surface area contributed by atoms with Gasteiger partial charge in [-0.1, -0.05) is 24.3 Å². The van der Waals surface area contributed by atoms with Gasteiger partial charge in [0, 0.05) is 42.0 Å². The Labute approximate surface area is 227 Å². The summed E-state index contributed by atoms with van der Waals surface area (Å²) in [6.07, 6.45) is 0. The molecule has 0 spiro atoms. The van der Waals surface area contributed by atoms with E-state index in [0.717, 1.165) is 22.3 Å². The summed E-state index contributed by atoms with van der Waals surface area (Å²) in [4.78, 5) is 40.1. The number of amides is 1. The summed E-state index contributed by atoms with van der Waals surface area (Å²) in [5.74, 6) is 0.00560. The summed E-state index contributed by atoms with van der Waals surface area (Å²) >= 11 is 0. The largest absolute Gasteiger partial charge is 0.456 e. The number of nitrogens with zero attached hydrogens (tertiary/aromatic N) is 1. The van der Waals surface area contributed by atoms with Gasteiger partial charge in [0.25, 0.3) is 5.91 Å². The van der Waals surface area contributed by atoms with Crippen LogP contribution >= 0.6 is 0 Å². The van der Waals surface area contributed by atoms with Gasteiger partial charge in [0.15, 0.2) is 5.43 Å². The summed E-state index contributed by atoms with van der Waals surface area (Å²) in [7, 11) is 1.77. The number of hydrogen-bond donors (Lipinski definition) is 1. The van der Waals surface area contributed by atoms with Crippen LogP contribution in [0.5, 0.6) is 0 Å². The molecular weight excluding hydrogens is 492 g/mol. The molecule has 1 amide bonds. The SMILES string of the molecule is Cc1cc(C(C)Nc2ccccc2C(=O)OC(C)(C)C)c2oc(-c3ccc4c(c3)CN(C)C4=O)cc(=O)c2c1. The molecule has 1 unspecified atom stereocenters. The summed E-state index contributed by atoms with van der Waals surface area (Å²) < 4.78 is 12.0. The number of anilines is 1. The second-order valence-corrected chi connectivity index (χ2v) is 11.2. The summed E-state index contributed by atoms with van der Waals surface area (Å²) in [5, 5.41) is 3.91. The second-order valence-electron chi connectivity index (χ2n) is 11.2. The van der Waals surface area contributed by atoms with Gasteiger partial charge >= 0.3 is 5.97 Å². The molecule has 1 aliphatic heterocycles. The zero-order valence-corrected chi connectivity index (χ0v) is 23.0. The number of esters is 1. The molecule has 0 saturated heterocycles. The number of aryl methyl sites for hydroxylation is 1. The molecule has 0 aliphatic carbocycles. The Hall–Kier alpha value is -4.39. The number of hydrogen-bond acceptors (Lipinski definition) is 6. The topological polar surface area (TPSA) is 88.8 Å². The predicted molar refractivity (Wildman–Crippen MR) is 152 cm³/mol. The Balaban J connectivity index is 1.55. The molecule has 39 heavy (non-hydrogen) atoms. The molecule has 7 heteroatoms. The molecule has 4 aromatic rings. The van der Waals surface area contributed by atoms with E-state index in [9.17, 15) is 14.4 Å². The number of para-hydroxylation sites is 1. The molecule has 3 aromatic carbocycles. The van der Waals surface area contributed by atoms with Crippen LogP contribution in [0.25, 0.3) is 22.3 Å².